The van der Waals surface area contributed by atoms with Crippen LogP contribution in [-0.2, 0) is 14.3 Å². The third-order valence-corrected chi connectivity index (χ3v) is 4.23. The Morgan fingerprint density at radius 3 is 2.33 bits per heavy atom. The molecule has 0 bridgehead atoms. The number of hydrogen-bond acceptors (Lipinski definition) is 5. The summed E-state index contributed by atoms with van der Waals surface area (Å²) < 4.78 is 5.21. The molecular formula is C22H35N3O5. The number of hydrogen-bond donors (Lipinski definition) is 3. The van der Waals surface area contributed by atoms with E-state index >= 15 is 0 Å². The number of benzene rings is 1. The lowest BCUT2D eigenvalue weighted by Crippen LogP contribution is -2.52. The van der Waals surface area contributed by atoms with E-state index in [4.69, 9.17) is 4.74 Å². The molecule has 8 heteroatoms. The van der Waals surface area contributed by atoms with Crippen LogP contribution in [0.15, 0.2) is 30.3 Å². The molecule has 1 aromatic carbocycles. The van der Waals surface area contributed by atoms with Gasteiger partial charge in [0.2, 0.25) is 11.8 Å². The smallest absolute Gasteiger partial charge is 0.408 e. The fraction of sp³-hybridized carbons (Fsp3) is 0.591. The van der Waals surface area contributed by atoms with Crippen molar-refractivity contribution in [1.29, 1.82) is 0 Å². The molecule has 0 aliphatic heterocycles. The third kappa shape index (κ3) is 8.41. The second kappa shape index (κ2) is 12.2. The van der Waals surface area contributed by atoms with Gasteiger partial charge in [-0.1, -0.05) is 43.7 Å². The second-order valence-corrected chi connectivity index (χ2v) is 8.08. The maximum absolute atomic E-state index is 13.1. The molecule has 168 valence electrons. The highest BCUT2D eigenvalue weighted by molar-refractivity contribution is 5.91. The molecule has 0 radical (unpaired) electrons. The van der Waals surface area contributed by atoms with Gasteiger partial charge in [-0.2, -0.15) is 0 Å². The first kappa shape index (κ1) is 25.4. The Hall–Kier alpha value is -2.61. The van der Waals surface area contributed by atoms with Crippen LogP contribution >= 0.6 is 0 Å². The number of amides is 3. The lowest BCUT2D eigenvalue weighted by atomic mass is 10.0. The van der Waals surface area contributed by atoms with E-state index in [1.54, 1.807) is 45.0 Å². The lowest BCUT2D eigenvalue weighted by Gasteiger charge is -2.33. The van der Waals surface area contributed by atoms with E-state index in [-0.39, 0.29) is 19.1 Å². The maximum Gasteiger partial charge on any atom is 0.408 e. The summed E-state index contributed by atoms with van der Waals surface area (Å²) in [4.78, 5) is 39.5. The molecule has 0 aromatic heterocycles. The van der Waals surface area contributed by atoms with Crippen molar-refractivity contribution >= 4 is 17.9 Å². The first-order valence-corrected chi connectivity index (χ1v) is 10.3. The van der Waals surface area contributed by atoms with Crippen molar-refractivity contribution in [2.75, 3.05) is 19.7 Å². The Kier molecular flexibility index (Phi) is 10.3. The van der Waals surface area contributed by atoms with Crippen LogP contribution in [0.25, 0.3) is 0 Å². The van der Waals surface area contributed by atoms with Crippen molar-refractivity contribution in [3.8, 4) is 0 Å². The van der Waals surface area contributed by atoms with Crippen molar-refractivity contribution < 1.29 is 24.2 Å². The fourth-order valence-corrected chi connectivity index (χ4v) is 2.86. The number of nitrogens with zero attached hydrogens (tertiary/aromatic N) is 1. The highest BCUT2D eigenvalue weighted by Gasteiger charge is 2.34. The lowest BCUT2D eigenvalue weighted by molar-refractivity contribution is -0.142. The summed E-state index contributed by atoms with van der Waals surface area (Å²) in [5, 5.41) is 14.9. The number of carbonyl (C=O) groups excluding carboxylic acids is 3. The van der Waals surface area contributed by atoms with Gasteiger partial charge in [-0.25, -0.2) is 4.79 Å². The average Bonchev–Trinajstić information content (AvgIpc) is 2.66. The molecule has 8 nitrogen and oxygen atoms in total. The van der Waals surface area contributed by atoms with Crippen LogP contribution in [0.5, 0.6) is 0 Å². The normalized spacial score (nSPS) is 13.1. The molecule has 3 amide bonds. The number of ether oxygens (including phenoxy) is 1. The molecule has 0 spiro atoms. The zero-order valence-electron chi connectivity index (χ0n) is 18.6. The van der Waals surface area contributed by atoms with Gasteiger partial charge in [-0.3, -0.25) is 9.59 Å². The van der Waals surface area contributed by atoms with Crippen molar-refractivity contribution in [2.24, 2.45) is 0 Å². The molecule has 0 fully saturated rings. The third-order valence-electron chi connectivity index (χ3n) is 4.23. The molecule has 1 aromatic rings. The summed E-state index contributed by atoms with van der Waals surface area (Å²) in [5.74, 6) is -0.824. The highest BCUT2D eigenvalue weighted by Crippen LogP contribution is 2.22. The number of carbonyl (C=O) groups is 3. The first-order chi connectivity index (χ1) is 14.1. The molecule has 0 aliphatic rings. The largest absolute Gasteiger partial charge is 0.444 e. The van der Waals surface area contributed by atoms with Gasteiger partial charge in [-0.05, 0) is 39.7 Å². The second-order valence-electron chi connectivity index (χ2n) is 8.08. The van der Waals surface area contributed by atoms with Crippen LogP contribution in [0.4, 0.5) is 4.79 Å². The van der Waals surface area contributed by atoms with E-state index in [9.17, 15) is 19.5 Å². The standard InChI is InChI=1S/C22H35N3O5/c1-6-7-13-23-19(27)18(17-11-9-8-10-12-17)25(14-15-26)20(28)16(2)24-21(29)30-22(3,4)5/h8-12,16,18,26H,6-7,13-15H2,1-5H3,(H,23,27)(H,24,29). The van der Waals surface area contributed by atoms with Crippen LogP contribution in [0, 0.1) is 0 Å². The average molecular weight is 422 g/mol. The van der Waals surface area contributed by atoms with E-state index < -0.39 is 29.7 Å². The Morgan fingerprint density at radius 2 is 1.80 bits per heavy atom. The number of aliphatic hydroxyl groups excluding tert-OH is 1. The summed E-state index contributed by atoms with van der Waals surface area (Å²) in [5.41, 5.74) is -0.0821. The highest BCUT2D eigenvalue weighted by atomic mass is 16.6. The summed E-state index contributed by atoms with van der Waals surface area (Å²) >= 11 is 0. The van der Waals surface area contributed by atoms with Gasteiger partial charge in [-0.15, -0.1) is 0 Å². The van der Waals surface area contributed by atoms with Crippen LogP contribution in [0.1, 0.15) is 59.1 Å². The van der Waals surface area contributed by atoms with Crippen LogP contribution in [0.2, 0.25) is 0 Å². The van der Waals surface area contributed by atoms with E-state index in [0.29, 0.717) is 12.1 Å². The van der Waals surface area contributed by atoms with Gasteiger partial charge in [0.15, 0.2) is 0 Å². The molecule has 2 atom stereocenters. The molecule has 0 aliphatic carbocycles. The molecule has 0 saturated carbocycles. The van der Waals surface area contributed by atoms with Crippen LogP contribution in [-0.4, -0.2) is 59.3 Å². The Bertz CT molecular complexity index is 688. The summed E-state index contributed by atoms with van der Waals surface area (Å²) in [6, 6.07) is 7.03. The van der Waals surface area contributed by atoms with Gasteiger partial charge >= 0.3 is 6.09 Å². The number of aliphatic hydroxyl groups is 1. The Labute approximate surface area is 179 Å². The Morgan fingerprint density at radius 1 is 1.17 bits per heavy atom. The fourth-order valence-electron chi connectivity index (χ4n) is 2.86. The van der Waals surface area contributed by atoms with Gasteiger partial charge in [0.1, 0.15) is 17.7 Å². The van der Waals surface area contributed by atoms with E-state index in [2.05, 4.69) is 10.6 Å². The van der Waals surface area contributed by atoms with Crippen molar-refractivity contribution in [2.45, 2.75) is 65.1 Å². The quantitative estimate of drug-likeness (QED) is 0.503. The van der Waals surface area contributed by atoms with Crippen LogP contribution < -0.4 is 10.6 Å². The van der Waals surface area contributed by atoms with Crippen molar-refractivity contribution in [3.63, 3.8) is 0 Å². The number of unbranched alkanes of at least 4 members (excludes halogenated alkanes) is 1. The van der Waals surface area contributed by atoms with Crippen molar-refractivity contribution in [3.05, 3.63) is 35.9 Å². The first-order valence-electron chi connectivity index (χ1n) is 10.3. The van der Waals surface area contributed by atoms with Crippen LogP contribution in [0.3, 0.4) is 0 Å². The van der Waals surface area contributed by atoms with Gasteiger partial charge in [0.25, 0.3) is 0 Å². The van der Waals surface area contributed by atoms with Gasteiger partial charge < -0.3 is 25.4 Å². The molecule has 0 saturated heterocycles. The SMILES string of the molecule is CCCCNC(=O)C(c1ccccc1)N(CCO)C(=O)C(C)NC(=O)OC(C)(C)C. The summed E-state index contributed by atoms with van der Waals surface area (Å²) in [6.07, 6.45) is 1.01. The maximum atomic E-state index is 13.1. The topological polar surface area (TPSA) is 108 Å². The minimum atomic E-state index is -0.943. The zero-order valence-corrected chi connectivity index (χ0v) is 18.6. The van der Waals surface area contributed by atoms with E-state index in [1.807, 2.05) is 13.0 Å². The van der Waals surface area contributed by atoms with Gasteiger partial charge in [0, 0.05) is 13.1 Å². The summed E-state index contributed by atoms with van der Waals surface area (Å²) in [7, 11) is 0. The minimum Gasteiger partial charge on any atom is -0.444 e. The number of nitrogens with one attached hydrogen (secondary N) is 2. The molecule has 3 N–H and O–H groups in total. The van der Waals surface area contributed by atoms with Crippen molar-refractivity contribution in [1.82, 2.24) is 15.5 Å². The molecule has 2 unspecified atom stereocenters. The summed E-state index contributed by atoms with van der Waals surface area (Å²) in [6.45, 7) is 8.83. The zero-order chi connectivity index (χ0) is 22.7. The molecule has 0 heterocycles. The predicted octanol–water partition coefficient (Wildman–Crippen LogP) is 2.38. The molecule has 1 rings (SSSR count). The monoisotopic (exact) mass is 421 g/mol. The van der Waals surface area contributed by atoms with E-state index in [1.165, 1.54) is 11.8 Å². The number of alkyl carbamates (subject to hydrolysis) is 1. The Balaban J connectivity index is 3.09. The minimum absolute atomic E-state index is 0.0556. The molecule has 30 heavy (non-hydrogen) atoms. The number of rotatable bonds is 10. The predicted molar refractivity (Wildman–Crippen MR) is 115 cm³/mol. The van der Waals surface area contributed by atoms with Gasteiger partial charge in [0.05, 0.1) is 6.61 Å². The molecular weight excluding hydrogens is 386 g/mol. The van der Waals surface area contributed by atoms with E-state index in [0.717, 1.165) is 12.8 Å².